The number of nitrogens with two attached hydrogens (primary N) is 1. The lowest BCUT2D eigenvalue weighted by Gasteiger charge is -2.38. The van der Waals surface area contributed by atoms with Crippen LogP contribution in [-0.2, 0) is 0 Å². The van der Waals surface area contributed by atoms with Crippen molar-refractivity contribution in [2.45, 2.75) is 26.7 Å². The highest BCUT2D eigenvalue weighted by atomic mass is 15.2. The molecule has 15 heavy (non-hydrogen) atoms. The van der Waals surface area contributed by atoms with Gasteiger partial charge in [0.25, 0.3) is 0 Å². The first-order chi connectivity index (χ1) is 7.07. The summed E-state index contributed by atoms with van der Waals surface area (Å²) in [5, 5.41) is 0. The lowest BCUT2D eigenvalue weighted by atomic mass is 9.84. The molecule has 0 unspecified atom stereocenters. The van der Waals surface area contributed by atoms with E-state index in [1.807, 2.05) is 6.07 Å². The van der Waals surface area contributed by atoms with E-state index in [0.29, 0.717) is 11.4 Å². The fraction of sp³-hybridized carbons (Fsp3) is 0.636. The van der Waals surface area contributed by atoms with Crippen LogP contribution in [0.1, 0.15) is 26.7 Å². The van der Waals surface area contributed by atoms with Crippen molar-refractivity contribution in [2.75, 3.05) is 23.7 Å². The van der Waals surface area contributed by atoms with Crippen LogP contribution in [0.25, 0.3) is 0 Å². The van der Waals surface area contributed by atoms with E-state index in [-0.39, 0.29) is 0 Å². The first-order valence-electron chi connectivity index (χ1n) is 5.40. The zero-order valence-electron chi connectivity index (χ0n) is 9.40. The summed E-state index contributed by atoms with van der Waals surface area (Å²) < 4.78 is 0. The highest BCUT2D eigenvalue weighted by molar-refractivity contribution is 5.41. The standard InChI is InChI=1S/C11H18N4/c1-11(2)5-3-7-15(8-11)9-4-6-13-10(12)14-9/h4,6H,3,5,7-8H2,1-2H3,(H2,12,13,14). The Bertz CT molecular complexity index is 348. The van der Waals surface area contributed by atoms with Crippen LogP contribution in [-0.4, -0.2) is 23.1 Å². The maximum atomic E-state index is 5.58. The minimum absolute atomic E-state index is 0.357. The quantitative estimate of drug-likeness (QED) is 0.759. The molecule has 0 bridgehead atoms. The molecule has 0 aliphatic carbocycles. The molecule has 4 heteroatoms. The second-order valence-corrected chi connectivity index (χ2v) is 4.96. The number of hydrogen-bond donors (Lipinski definition) is 1. The van der Waals surface area contributed by atoms with Crippen molar-refractivity contribution in [3.63, 3.8) is 0 Å². The topological polar surface area (TPSA) is 55.0 Å². The molecule has 1 saturated heterocycles. The Labute approximate surface area is 90.5 Å². The summed E-state index contributed by atoms with van der Waals surface area (Å²) in [7, 11) is 0. The average molecular weight is 206 g/mol. The SMILES string of the molecule is CC1(C)CCCN(c2ccnc(N)n2)C1. The molecular weight excluding hydrogens is 188 g/mol. The molecule has 82 valence electrons. The molecule has 0 radical (unpaired) electrons. The molecule has 1 aromatic rings. The van der Waals surface area contributed by atoms with E-state index >= 15 is 0 Å². The Morgan fingerprint density at radius 2 is 2.27 bits per heavy atom. The summed E-state index contributed by atoms with van der Waals surface area (Å²) in [6.45, 7) is 6.71. The van der Waals surface area contributed by atoms with Gasteiger partial charge < -0.3 is 10.6 Å². The molecule has 0 aromatic carbocycles. The van der Waals surface area contributed by atoms with Gasteiger partial charge in [0.1, 0.15) is 5.82 Å². The van der Waals surface area contributed by atoms with Gasteiger partial charge in [-0.05, 0) is 24.3 Å². The molecule has 2 heterocycles. The molecule has 0 saturated carbocycles. The molecule has 1 aromatic heterocycles. The van der Waals surface area contributed by atoms with Crippen molar-refractivity contribution >= 4 is 11.8 Å². The number of anilines is 2. The Morgan fingerprint density at radius 1 is 1.47 bits per heavy atom. The first kappa shape index (κ1) is 10.2. The molecule has 2 rings (SSSR count). The second kappa shape index (κ2) is 3.68. The van der Waals surface area contributed by atoms with Crippen LogP contribution >= 0.6 is 0 Å². The average Bonchev–Trinajstić information content (AvgIpc) is 2.16. The van der Waals surface area contributed by atoms with E-state index in [0.717, 1.165) is 18.9 Å². The van der Waals surface area contributed by atoms with E-state index in [9.17, 15) is 0 Å². The summed E-state index contributed by atoms with van der Waals surface area (Å²) in [6, 6.07) is 1.93. The molecule has 0 amide bonds. The Kier molecular flexibility index (Phi) is 2.50. The predicted octanol–water partition coefficient (Wildman–Crippen LogP) is 1.69. The highest BCUT2D eigenvalue weighted by Crippen LogP contribution is 2.30. The molecule has 0 spiro atoms. The molecule has 2 N–H and O–H groups in total. The van der Waals surface area contributed by atoms with Gasteiger partial charge in [-0.1, -0.05) is 13.8 Å². The van der Waals surface area contributed by atoms with E-state index in [4.69, 9.17) is 5.73 Å². The zero-order valence-corrected chi connectivity index (χ0v) is 9.40. The van der Waals surface area contributed by atoms with Crippen molar-refractivity contribution in [2.24, 2.45) is 5.41 Å². The third-order valence-electron chi connectivity index (χ3n) is 2.88. The van der Waals surface area contributed by atoms with Gasteiger partial charge in [-0.3, -0.25) is 0 Å². The van der Waals surface area contributed by atoms with Gasteiger partial charge >= 0.3 is 0 Å². The first-order valence-corrected chi connectivity index (χ1v) is 5.40. The number of nitrogen functional groups attached to an aromatic ring is 1. The fourth-order valence-electron chi connectivity index (χ4n) is 2.16. The van der Waals surface area contributed by atoms with Gasteiger partial charge in [0.2, 0.25) is 5.95 Å². The van der Waals surface area contributed by atoms with E-state index in [2.05, 4.69) is 28.7 Å². The summed E-state index contributed by atoms with van der Waals surface area (Å²) >= 11 is 0. The van der Waals surface area contributed by atoms with Gasteiger partial charge in [-0.2, -0.15) is 4.98 Å². The number of aromatic nitrogens is 2. The lowest BCUT2D eigenvalue weighted by Crippen LogP contribution is -2.40. The third-order valence-corrected chi connectivity index (χ3v) is 2.88. The third kappa shape index (κ3) is 2.37. The van der Waals surface area contributed by atoms with E-state index < -0.39 is 0 Å². The molecule has 4 nitrogen and oxygen atoms in total. The summed E-state index contributed by atoms with van der Waals surface area (Å²) in [6.07, 6.45) is 4.22. The lowest BCUT2D eigenvalue weighted by molar-refractivity contribution is 0.292. The Morgan fingerprint density at radius 3 is 2.93 bits per heavy atom. The number of rotatable bonds is 1. The highest BCUT2D eigenvalue weighted by Gasteiger charge is 2.26. The summed E-state index contributed by atoms with van der Waals surface area (Å²) in [5.41, 5.74) is 5.96. The van der Waals surface area contributed by atoms with Crippen molar-refractivity contribution in [3.8, 4) is 0 Å². The van der Waals surface area contributed by atoms with Gasteiger partial charge in [0.15, 0.2) is 0 Å². The summed E-state index contributed by atoms with van der Waals surface area (Å²) in [5.74, 6) is 1.31. The molecule has 1 aliphatic heterocycles. The smallest absolute Gasteiger partial charge is 0.221 e. The summed E-state index contributed by atoms with van der Waals surface area (Å²) in [4.78, 5) is 10.5. The largest absolute Gasteiger partial charge is 0.368 e. The fourth-order valence-corrected chi connectivity index (χ4v) is 2.16. The molecule has 1 fully saturated rings. The Hall–Kier alpha value is -1.32. The van der Waals surface area contributed by atoms with Gasteiger partial charge in [0, 0.05) is 19.3 Å². The van der Waals surface area contributed by atoms with Gasteiger partial charge in [-0.15, -0.1) is 0 Å². The van der Waals surface area contributed by atoms with Crippen LogP contribution in [0.2, 0.25) is 0 Å². The maximum absolute atomic E-state index is 5.58. The molecule has 1 aliphatic rings. The van der Waals surface area contributed by atoms with Crippen LogP contribution in [0.3, 0.4) is 0 Å². The van der Waals surface area contributed by atoms with Gasteiger partial charge in [0.05, 0.1) is 0 Å². The van der Waals surface area contributed by atoms with E-state index in [1.165, 1.54) is 12.8 Å². The van der Waals surface area contributed by atoms with Crippen molar-refractivity contribution in [1.82, 2.24) is 9.97 Å². The van der Waals surface area contributed by atoms with Crippen LogP contribution in [0.4, 0.5) is 11.8 Å². The molecular formula is C11H18N4. The normalized spacial score (nSPS) is 20.3. The monoisotopic (exact) mass is 206 g/mol. The second-order valence-electron chi connectivity index (χ2n) is 4.96. The minimum Gasteiger partial charge on any atom is -0.368 e. The van der Waals surface area contributed by atoms with Crippen LogP contribution < -0.4 is 10.6 Å². The zero-order chi connectivity index (χ0) is 10.9. The van der Waals surface area contributed by atoms with Crippen molar-refractivity contribution in [1.29, 1.82) is 0 Å². The van der Waals surface area contributed by atoms with Gasteiger partial charge in [-0.25, -0.2) is 4.98 Å². The van der Waals surface area contributed by atoms with Crippen LogP contribution in [0.15, 0.2) is 12.3 Å². The van der Waals surface area contributed by atoms with Crippen LogP contribution in [0.5, 0.6) is 0 Å². The number of hydrogen-bond acceptors (Lipinski definition) is 4. The minimum atomic E-state index is 0.357. The van der Waals surface area contributed by atoms with Crippen molar-refractivity contribution in [3.05, 3.63) is 12.3 Å². The maximum Gasteiger partial charge on any atom is 0.221 e. The predicted molar refractivity (Wildman–Crippen MR) is 61.7 cm³/mol. The number of nitrogens with zero attached hydrogens (tertiary/aromatic N) is 3. The Balaban J connectivity index is 2.17. The van der Waals surface area contributed by atoms with Crippen molar-refractivity contribution < 1.29 is 0 Å². The molecule has 0 atom stereocenters. The number of piperidine rings is 1. The van der Waals surface area contributed by atoms with E-state index in [1.54, 1.807) is 6.20 Å². The van der Waals surface area contributed by atoms with Crippen LogP contribution in [0, 0.1) is 5.41 Å².